The predicted molar refractivity (Wildman–Crippen MR) is 113 cm³/mol. The normalized spacial score (nSPS) is 13.8. The van der Waals surface area contributed by atoms with Gasteiger partial charge in [0.2, 0.25) is 0 Å². The van der Waals surface area contributed by atoms with E-state index in [0.29, 0.717) is 36.1 Å². The second kappa shape index (κ2) is 8.49. The fourth-order valence-electron chi connectivity index (χ4n) is 3.58. The molecule has 0 radical (unpaired) electrons. The number of furan rings is 1. The van der Waals surface area contributed by atoms with E-state index in [-0.39, 0.29) is 12.5 Å². The van der Waals surface area contributed by atoms with E-state index < -0.39 is 0 Å². The topological polar surface area (TPSA) is 73.5 Å². The van der Waals surface area contributed by atoms with Crippen LogP contribution in [0.25, 0.3) is 11.0 Å². The van der Waals surface area contributed by atoms with Crippen LogP contribution in [-0.4, -0.2) is 43.9 Å². The molecule has 0 atom stereocenters. The SMILES string of the molecule is COc1cc2c(cc1OC)CN(C(=O)CO/N=C(\C)c1cc3ccccc3o1)CC2. The first-order valence-corrected chi connectivity index (χ1v) is 9.76. The molecule has 0 aliphatic carbocycles. The van der Waals surface area contributed by atoms with Crippen LogP contribution in [0.3, 0.4) is 0 Å². The Morgan fingerprint density at radius 1 is 1.10 bits per heavy atom. The highest BCUT2D eigenvalue weighted by Crippen LogP contribution is 2.33. The first kappa shape index (κ1) is 19.8. The number of carbonyl (C=O) groups excluding carboxylic acids is 1. The highest BCUT2D eigenvalue weighted by atomic mass is 16.6. The lowest BCUT2D eigenvalue weighted by atomic mass is 9.99. The van der Waals surface area contributed by atoms with E-state index in [1.54, 1.807) is 26.0 Å². The first-order chi connectivity index (χ1) is 14.6. The highest BCUT2D eigenvalue weighted by Gasteiger charge is 2.23. The molecule has 0 saturated heterocycles. The van der Waals surface area contributed by atoms with Crippen molar-refractivity contribution in [2.24, 2.45) is 5.16 Å². The van der Waals surface area contributed by atoms with E-state index >= 15 is 0 Å². The Hall–Kier alpha value is -3.48. The van der Waals surface area contributed by atoms with Gasteiger partial charge in [0.1, 0.15) is 11.3 Å². The summed E-state index contributed by atoms with van der Waals surface area (Å²) in [6.07, 6.45) is 0.753. The molecular formula is C23H24N2O5. The summed E-state index contributed by atoms with van der Waals surface area (Å²) in [6.45, 7) is 2.79. The molecule has 0 spiro atoms. The smallest absolute Gasteiger partial charge is 0.263 e. The summed E-state index contributed by atoms with van der Waals surface area (Å²) in [5.41, 5.74) is 3.59. The van der Waals surface area contributed by atoms with Gasteiger partial charge in [0.25, 0.3) is 5.91 Å². The van der Waals surface area contributed by atoms with E-state index in [4.69, 9.17) is 18.7 Å². The number of oxime groups is 1. The van der Waals surface area contributed by atoms with Crippen molar-refractivity contribution in [3.8, 4) is 11.5 Å². The van der Waals surface area contributed by atoms with Gasteiger partial charge in [-0.05, 0) is 48.7 Å². The van der Waals surface area contributed by atoms with Crippen LogP contribution < -0.4 is 9.47 Å². The third-order valence-electron chi connectivity index (χ3n) is 5.24. The van der Waals surface area contributed by atoms with Gasteiger partial charge >= 0.3 is 0 Å². The number of amides is 1. The van der Waals surface area contributed by atoms with Gasteiger partial charge in [-0.1, -0.05) is 23.4 Å². The largest absolute Gasteiger partial charge is 0.493 e. The van der Waals surface area contributed by atoms with Crippen LogP contribution in [0.5, 0.6) is 11.5 Å². The van der Waals surface area contributed by atoms with E-state index in [1.807, 2.05) is 42.5 Å². The monoisotopic (exact) mass is 408 g/mol. The molecule has 7 nitrogen and oxygen atoms in total. The number of hydrogen-bond donors (Lipinski definition) is 0. The molecule has 0 N–H and O–H groups in total. The minimum Gasteiger partial charge on any atom is -0.493 e. The number of fused-ring (bicyclic) bond motifs is 2. The van der Waals surface area contributed by atoms with Crippen molar-refractivity contribution in [1.29, 1.82) is 0 Å². The molecule has 1 aliphatic heterocycles. The van der Waals surface area contributed by atoms with E-state index in [0.717, 1.165) is 28.5 Å². The lowest BCUT2D eigenvalue weighted by Crippen LogP contribution is -2.38. The fraction of sp³-hybridized carbons (Fsp3) is 0.304. The van der Waals surface area contributed by atoms with Gasteiger partial charge in [0.15, 0.2) is 23.9 Å². The standard InChI is InChI=1S/C23H24N2O5/c1-15(20-11-17-6-4-5-7-19(17)30-20)24-29-14-23(26)25-9-8-16-10-21(27-2)22(28-3)12-18(16)13-25/h4-7,10-12H,8-9,13-14H2,1-3H3/b24-15+. The maximum atomic E-state index is 12.6. The average Bonchev–Trinajstić information content (AvgIpc) is 3.22. The molecule has 4 rings (SSSR count). The summed E-state index contributed by atoms with van der Waals surface area (Å²) < 4.78 is 16.5. The van der Waals surface area contributed by atoms with Crippen LogP contribution in [0.4, 0.5) is 0 Å². The van der Waals surface area contributed by atoms with Crippen LogP contribution in [0.2, 0.25) is 0 Å². The minimum atomic E-state index is -0.125. The van der Waals surface area contributed by atoms with Crippen molar-refractivity contribution in [2.45, 2.75) is 19.9 Å². The number of methoxy groups -OCH3 is 2. The van der Waals surface area contributed by atoms with Gasteiger partial charge in [-0.2, -0.15) is 0 Å². The Labute approximate surface area is 174 Å². The zero-order valence-electron chi connectivity index (χ0n) is 17.3. The lowest BCUT2D eigenvalue weighted by Gasteiger charge is -2.29. The summed E-state index contributed by atoms with van der Waals surface area (Å²) in [7, 11) is 3.22. The zero-order chi connectivity index (χ0) is 21.1. The molecule has 156 valence electrons. The number of carbonyl (C=O) groups is 1. The van der Waals surface area contributed by atoms with Gasteiger partial charge in [0, 0.05) is 18.5 Å². The van der Waals surface area contributed by atoms with Gasteiger partial charge in [-0.15, -0.1) is 0 Å². The van der Waals surface area contributed by atoms with Crippen molar-refractivity contribution in [1.82, 2.24) is 4.90 Å². The van der Waals surface area contributed by atoms with Crippen molar-refractivity contribution in [2.75, 3.05) is 27.4 Å². The molecule has 0 fully saturated rings. The zero-order valence-corrected chi connectivity index (χ0v) is 17.3. The number of hydrogen-bond acceptors (Lipinski definition) is 6. The number of rotatable bonds is 6. The Morgan fingerprint density at radius 3 is 2.57 bits per heavy atom. The van der Waals surface area contributed by atoms with Crippen molar-refractivity contribution < 1.29 is 23.5 Å². The van der Waals surface area contributed by atoms with Crippen molar-refractivity contribution >= 4 is 22.6 Å². The fourth-order valence-corrected chi connectivity index (χ4v) is 3.58. The van der Waals surface area contributed by atoms with E-state index in [1.165, 1.54) is 0 Å². The molecule has 1 amide bonds. The molecule has 3 aromatic rings. The summed E-state index contributed by atoms with van der Waals surface area (Å²) in [6, 6.07) is 13.5. The predicted octanol–water partition coefficient (Wildman–Crippen LogP) is 3.78. The van der Waals surface area contributed by atoms with Crippen molar-refractivity contribution in [3.63, 3.8) is 0 Å². The Kier molecular flexibility index (Phi) is 5.61. The van der Waals surface area contributed by atoms with Crippen LogP contribution in [-0.2, 0) is 22.6 Å². The molecule has 1 aromatic heterocycles. The summed E-state index contributed by atoms with van der Waals surface area (Å²) in [5.74, 6) is 1.87. The van der Waals surface area contributed by atoms with Gasteiger partial charge in [0.05, 0.1) is 14.2 Å². The van der Waals surface area contributed by atoms with Crippen LogP contribution in [0, 0.1) is 0 Å². The highest BCUT2D eigenvalue weighted by molar-refractivity contribution is 5.99. The van der Waals surface area contributed by atoms with Gasteiger partial charge in [-0.3, -0.25) is 4.79 Å². The Morgan fingerprint density at radius 2 is 1.83 bits per heavy atom. The first-order valence-electron chi connectivity index (χ1n) is 9.76. The molecule has 30 heavy (non-hydrogen) atoms. The maximum Gasteiger partial charge on any atom is 0.263 e. The molecular weight excluding hydrogens is 384 g/mol. The summed E-state index contributed by atoms with van der Waals surface area (Å²) >= 11 is 0. The average molecular weight is 408 g/mol. The van der Waals surface area contributed by atoms with E-state index in [9.17, 15) is 4.79 Å². The Bertz CT molecular complexity index is 1070. The van der Waals surface area contributed by atoms with Crippen LogP contribution in [0.15, 0.2) is 52.0 Å². The maximum absolute atomic E-state index is 12.6. The third kappa shape index (κ3) is 3.96. The molecule has 0 unspecified atom stereocenters. The molecule has 7 heteroatoms. The Balaban J connectivity index is 1.38. The summed E-state index contributed by atoms with van der Waals surface area (Å²) in [5, 5.41) is 5.06. The second-order valence-corrected chi connectivity index (χ2v) is 7.14. The van der Waals surface area contributed by atoms with Crippen LogP contribution in [0.1, 0.15) is 23.8 Å². The molecule has 1 aliphatic rings. The lowest BCUT2D eigenvalue weighted by molar-refractivity contribution is -0.137. The number of para-hydroxylation sites is 1. The number of benzene rings is 2. The number of nitrogens with zero attached hydrogens (tertiary/aromatic N) is 2. The molecule has 0 bridgehead atoms. The van der Waals surface area contributed by atoms with Crippen molar-refractivity contribution in [3.05, 3.63) is 59.4 Å². The van der Waals surface area contributed by atoms with Gasteiger partial charge < -0.3 is 23.6 Å². The minimum absolute atomic E-state index is 0.114. The molecule has 2 heterocycles. The summed E-state index contributed by atoms with van der Waals surface area (Å²) in [4.78, 5) is 19.7. The third-order valence-corrected chi connectivity index (χ3v) is 5.24. The second-order valence-electron chi connectivity index (χ2n) is 7.14. The molecule has 2 aromatic carbocycles. The van der Waals surface area contributed by atoms with E-state index in [2.05, 4.69) is 5.16 Å². The molecule has 0 saturated carbocycles. The number of ether oxygens (including phenoxy) is 2. The van der Waals surface area contributed by atoms with Gasteiger partial charge in [-0.25, -0.2) is 0 Å². The van der Waals surface area contributed by atoms with Crippen LogP contribution >= 0.6 is 0 Å². The quantitative estimate of drug-likeness (QED) is 0.458.